The number of hydrogen-bond acceptors (Lipinski definition) is 16. The molecular formula is C19H20F2N11O7PS2. The van der Waals surface area contributed by atoms with Crippen LogP contribution in [0, 0.1) is 0 Å². The Balaban J connectivity index is 1.09. The number of fused-ring (bicyclic) bond motifs is 3. The van der Waals surface area contributed by atoms with E-state index in [1.807, 2.05) is 0 Å². The number of alkyl halides is 2. The topological polar surface area (TPSA) is 260 Å². The summed E-state index contributed by atoms with van der Waals surface area (Å²) in [6.45, 7) is -4.99. The Morgan fingerprint density at radius 3 is 2.83 bits per heavy atom. The third kappa shape index (κ3) is 4.12. The van der Waals surface area contributed by atoms with Crippen LogP contribution in [0.25, 0.3) is 22.3 Å². The average Bonchev–Trinajstić information content (AvgIpc) is 3.47. The number of rotatable bonds is 7. The molecule has 224 valence electrons. The molecule has 7 rings (SSSR count). The van der Waals surface area contributed by atoms with Gasteiger partial charge in [0.05, 0.1) is 18.2 Å². The number of aliphatic hydroxyl groups excluding tert-OH is 2. The molecule has 0 radical (unpaired) electrons. The summed E-state index contributed by atoms with van der Waals surface area (Å²) in [5.74, 6) is -0.181. The predicted octanol–water partition coefficient (Wildman–Crippen LogP) is -1.57. The van der Waals surface area contributed by atoms with Crippen LogP contribution in [-0.2, 0) is 25.6 Å². The second-order valence-corrected chi connectivity index (χ2v) is 13.8. The van der Waals surface area contributed by atoms with Gasteiger partial charge in [-0.25, -0.2) is 28.4 Å². The number of nitrogen functional groups attached to an aromatic ring is 2. The molecule has 42 heavy (non-hydrogen) atoms. The largest absolute Gasteiger partial charge is 0.388 e. The maximum absolute atomic E-state index is 15.8. The lowest BCUT2D eigenvalue weighted by atomic mass is 10.1. The summed E-state index contributed by atoms with van der Waals surface area (Å²) in [4.78, 5) is 41.2. The molecule has 2 unspecified atom stereocenters. The van der Waals surface area contributed by atoms with Crippen LogP contribution >= 0.6 is 18.5 Å². The Bertz CT molecular complexity index is 1830. The molecule has 4 aromatic rings. The van der Waals surface area contributed by atoms with Gasteiger partial charge in [0.1, 0.15) is 41.6 Å². The first kappa shape index (κ1) is 27.9. The summed E-state index contributed by atoms with van der Waals surface area (Å²) in [5.41, 5.74) is 8.46. The van der Waals surface area contributed by atoms with Gasteiger partial charge >= 0.3 is 6.72 Å². The van der Waals surface area contributed by atoms with Gasteiger partial charge in [0.15, 0.2) is 40.7 Å². The van der Waals surface area contributed by atoms with Gasteiger partial charge in [-0.15, -0.1) is 16.9 Å². The normalized spacial score (nSPS) is 35.5. The molecule has 3 fully saturated rings. The van der Waals surface area contributed by atoms with E-state index in [0.717, 1.165) is 22.8 Å². The van der Waals surface area contributed by atoms with Crippen LogP contribution in [0.3, 0.4) is 0 Å². The number of nitrogens with one attached hydrogen (secondary N) is 1. The molecule has 23 heteroatoms. The zero-order chi connectivity index (χ0) is 29.7. The first-order valence-electron chi connectivity index (χ1n) is 12.1. The molecule has 0 spiro atoms. The van der Waals surface area contributed by atoms with E-state index < -0.39 is 72.0 Å². The molecule has 10 atom stereocenters. The highest BCUT2D eigenvalue weighted by Crippen LogP contribution is 2.68. The number of ether oxygens (including phenoxy) is 1. The number of nitrogens with two attached hydrogens (primary N) is 2. The third-order valence-corrected chi connectivity index (χ3v) is 10.4. The van der Waals surface area contributed by atoms with Gasteiger partial charge in [-0.05, 0) is 11.8 Å². The smallest absolute Gasteiger partial charge is 0.325 e. The molecule has 1 aliphatic carbocycles. The lowest BCUT2D eigenvalue weighted by molar-refractivity contribution is -0.0475. The first-order chi connectivity index (χ1) is 19.9. The second kappa shape index (κ2) is 9.53. The highest BCUT2D eigenvalue weighted by molar-refractivity contribution is 8.07. The second-order valence-electron chi connectivity index (χ2n) is 9.75. The van der Waals surface area contributed by atoms with Crippen molar-refractivity contribution >= 4 is 64.4 Å². The predicted molar refractivity (Wildman–Crippen MR) is 142 cm³/mol. The Morgan fingerprint density at radius 1 is 1.26 bits per heavy atom. The van der Waals surface area contributed by atoms with Gasteiger partial charge in [0.2, 0.25) is 5.95 Å². The van der Waals surface area contributed by atoms with Crippen molar-refractivity contribution in [2.45, 2.75) is 53.1 Å². The molecule has 6 heterocycles. The quantitative estimate of drug-likeness (QED) is 0.124. The Hall–Kier alpha value is -2.95. The summed E-state index contributed by atoms with van der Waals surface area (Å²) in [6, 6.07) is 0. The van der Waals surface area contributed by atoms with E-state index in [-0.39, 0.29) is 34.1 Å². The maximum atomic E-state index is 15.8. The summed E-state index contributed by atoms with van der Waals surface area (Å²) in [5, 5.41) is 26.2. The fraction of sp³-hybridized carbons (Fsp3) is 0.526. The third-order valence-electron chi connectivity index (χ3n) is 7.25. The van der Waals surface area contributed by atoms with Crippen molar-refractivity contribution in [2.24, 2.45) is 0 Å². The van der Waals surface area contributed by atoms with Gasteiger partial charge in [-0.3, -0.25) is 18.9 Å². The highest BCUT2D eigenvalue weighted by Gasteiger charge is 2.79. The van der Waals surface area contributed by atoms with E-state index in [4.69, 9.17) is 37.1 Å². The van der Waals surface area contributed by atoms with E-state index in [9.17, 15) is 19.9 Å². The Morgan fingerprint density at radius 2 is 2.05 bits per heavy atom. The van der Waals surface area contributed by atoms with Crippen LogP contribution in [0.2, 0.25) is 0 Å². The van der Waals surface area contributed by atoms with Crippen LogP contribution in [-0.4, -0.2) is 108 Å². The van der Waals surface area contributed by atoms with Crippen molar-refractivity contribution in [3.05, 3.63) is 23.0 Å². The molecule has 1 saturated carbocycles. The lowest BCUT2D eigenvalue weighted by Crippen LogP contribution is -2.36. The molecule has 18 nitrogen and oxygen atoms in total. The number of H-pyrrole nitrogens is 1. The fourth-order valence-electron chi connectivity index (χ4n) is 5.09. The number of aromatic amines is 1. The van der Waals surface area contributed by atoms with Crippen molar-refractivity contribution < 1.29 is 37.7 Å². The molecule has 4 aromatic heterocycles. The number of halogens is 2. The molecule has 2 saturated heterocycles. The minimum atomic E-state index is -4.34. The van der Waals surface area contributed by atoms with Crippen molar-refractivity contribution in [1.82, 2.24) is 44.5 Å². The van der Waals surface area contributed by atoms with Crippen molar-refractivity contribution in [3.8, 4) is 0 Å². The average molecular weight is 648 g/mol. The van der Waals surface area contributed by atoms with E-state index in [2.05, 4.69) is 35.2 Å². The summed E-state index contributed by atoms with van der Waals surface area (Å²) in [7, 11) is 0. The van der Waals surface area contributed by atoms with Gasteiger partial charge in [0, 0.05) is 0 Å². The highest BCUT2D eigenvalue weighted by atomic mass is 32.5. The standard InChI is InChI=1S/C19H20F2N11O7PS2/c20-5-8(33)4(38-16(5)31-3-26-6-12(22)24-2-25-13(6)31)1-37-40(36,41)39-10-17(42-11-9(34)19(10,11)21)32-14-7(29-30-32)15(35)28-18(23)27-14/h2-5,8-11,16-17,33-34H,1H2,(H,36,41)(H2,22,24,25)(H3,23,27,28,35)/t4-,5+,8-,9?,10+,11-,16-,17-,19+,40?/m1/s1. The number of hydrogen-bond donors (Lipinski definition) is 6. The van der Waals surface area contributed by atoms with Crippen LogP contribution in [0.1, 0.15) is 11.6 Å². The lowest BCUT2D eigenvalue weighted by Gasteiger charge is -2.29. The number of imidazole rings is 1. The minimum Gasteiger partial charge on any atom is -0.388 e. The summed E-state index contributed by atoms with van der Waals surface area (Å²) in [6.07, 6.45) is -7.13. The molecule has 3 aliphatic rings. The number of aromatic nitrogens is 9. The van der Waals surface area contributed by atoms with Crippen molar-refractivity contribution in [1.29, 1.82) is 0 Å². The number of aliphatic hydroxyl groups is 2. The molecule has 0 amide bonds. The van der Waals surface area contributed by atoms with Gasteiger partial charge in [-0.1, -0.05) is 5.21 Å². The SMILES string of the molecule is Nc1nc2c(nnn2[C@@H]2S[C@@H]3C(O)[C@]3(F)[C@H]2OP(O)(=S)OC[C@H]2O[C@@H](n3cnc4c(N)ncnc43)[C@@H](F)[C@@H]2O)c(=O)[nH]1. The molecule has 8 N–H and O–H groups in total. The molecule has 0 aromatic carbocycles. The molecule has 0 bridgehead atoms. The van der Waals surface area contributed by atoms with E-state index >= 15 is 8.78 Å². The zero-order valence-electron chi connectivity index (χ0n) is 20.7. The Kier molecular flexibility index (Phi) is 6.32. The summed E-state index contributed by atoms with van der Waals surface area (Å²) < 4.78 is 49.8. The first-order valence-corrected chi connectivity index (χ1v) is 15.6. The molecular weight excluding hydrogens is 627 g/mol. The number of anilines is 2. The van der Waals surface area contributed by atoms with Crippen LogP contribution < -0.4 is 17.0 Å². The molecule has 2 aliphatic heterocycles. The van der Waals surface area contributed by atoms with Crippen LogP contribution in [0.5, 0.6) is 0 Å². The Labute approximate surface area is 240 Å². The zero-order valence-corrected chi connectivity index (χ0v) is 23.2. The van der Waals surface area contributed by atoms with Crippen molar-refractivity contribution in [3.63, 3.8) is 0 Å². The van der Waals surface area contributed by atoms with Gasteiger partial charge in [-0.2, -0.15) is 4.98 Å². The maximum Gasteiger partial charge on any atom is 0.325 e. The van der Waals surface area contributed by atoms with E-state index in [1.165, 1.54) is 10.9 Å². The summed E-state index contributed by atoms with van der Waals surface area (Å²) >= 11 is 6.00. The minimum absolute atomic E-state index is 0.0627. The number of thioether (sulfide) groups is 1. The van der Waals surface area contributed by atoms with Crippen LogP contribution in [0.4, 0.5) is 20.5 Å². The number of nitrogens with zero attached hydrogens (tertiary/aromatic N) is 8. The van der Waals surface area contributed by atoms with Gasteiger partial charge in [0.25, 0.3) is 5.56 Å². The van der Waals surface area contributed by atoms with E-state index in [1.54, 1.807) is 0 Å². The van der Waals surface area contributed by atoms with Crippen molar-refractivity contribution in [2.75, 3.05) is 18.1 Å². The van der Waals surface area contributed by atoms with E-state index in [0.29, 0.717) is 0 Å². The monoisotopic (exact) mass is 647 g/mol. The van der Waals surface area contributed by atoms with Crippen LogP contribution in [0.15, 0.2) is 17.4 Å². The van der Waals surface area contributed by atoms with Gasteiger partial charge < -0.3 is 35.8 Å². The fourth-order valence-corrected chi connectivity index (χ4v) is 8.32.